The highest BCUT2D eigenvalue weighted by molar-refractivity contribution is 5.85. The summed E-state index contributed by atoms with van der Waals surface area (Å²) in [6, 6.07) is 0. The molecule has 0 aromatic rings. The molecule has 0 aromatic carbocycles. The predicted molar refractivity (Wildman–Crippen MR) is 73.1 cm³/mol. The number of nitrogens with one attached hydrogen (secondary N) is 1. The first-order valence-electron chi connectivity index (χ1n) is 7.42. The average Bonchev–Trinajstić information content (AvgIpc) is 2.84. The Bertz CT molecular complexity index is 231. The van der Waals surface area contributed by atoms with Crippen LogP contribution in [0.15, 0.2) is 0 Å². The molecule has 1 rings (SSSR count). The van der Waals surface area contributed by atoms with Crippen molar-refractivity contribution < 1.29 is 4.79 Å². The van der Waals surface area contributed by atoms with E-state index in [0.29, 0.717) is 11.7 Å². The lowest BCUT2D eigenvalue weighted by Crippen LogP contribution is -2.34. The SMILES string of the molecule is CCCCC(CC)CC(=O)C1(CC)CCNC1. The molecule has 2 nitrogen and oxygen atoms in total. The van der Waals surface area contributed by atoms with E-state index in [-0.39, 0.29) is 5.41 Å². The monoisotopic (exact) mass is 239 g/mol. The Labute approximate surface area is 107 Å². The van der Waals surface area contributed by atoms with Crippen LogP contribution < -0.4 is 5.32 Å². The van der Waals surface area contributed by atoms with Crippen LogP contribution in [0.3, 0.4) is 0 Å². The lowest BCUT2D eigenvalue weighted by atomic mass is 9.76. The molecule has 2 atom stereocenters. The van der Waals surface area contributed by atoms with E-state index in [1.54, 1.807) is 0 Å². The van der Waals surface area contributed by atoms with Crippen LogP contribution >= 0.6 is 0 Å². The Morgan fingerprint density at radius 2 is 2.12 bits per heavy atom. The summed E-state index contributed by atoms with van der Waals surface area (Å²) in [5.74, 6) is 1.14. The zero-order valence-corrected chi connectivity index (χ0v) is 11.8. The molecule has 100 valence electrons. The lowest BCUT2D eigenvalue weighted by molar-refractivity contribution is -0.129. The molecule has 2 heteroatoms. The molecule has 0 amide bonds. The van der Waals surface area contributed by atoms with Gasteiger partial charge in [0, 0.05) is 18.4 Å². The second kappa shape index (κ2) is 7.15. The Balaban J connectivity index is 2.50. The largest absolute Gasteiger partial charge is 0.316 e. The second-order valence-corrected chi connectivity index (χ2v) is 5.60. The van der Waals surface area contributed by atoms with Crippen LogP contribution in [0.25, 0.3) is 0 Å². The normalized spacial score (nSPS) is 26.1. The molecule has 0 spiro atoms. The Kier molecular flexibility index (Phi) is 6.18. The van der Waals surface area contributed by atoms with Crippen molar-refractivity contribution in [2.45, 2.75) is 65.7 Å². The molecule has 0 aromatic heterocycles. The molecule has 2 unspecified atom stereocenters. The van der Waals surface area contributed by atoms with Crippen LogP contribution in [0.4, 0.5) is 0 Å². The van der Waals surface area contributed by atoms with Crippen molar-refractivity contribution in [3.63, 3.8) is 0 Å². The van der Waals surface area contributed by atoms with Gasteiger partial charge < -0.3 is 5.32 Å². The van der Waals surface area contributed by atoms with Gasteiger partial charge in [-0.25, -0.2) is 0 Å². The minimum absolute atomic E-state index is 0.0281. The molecule has 0 bridgehead atoms. The van der Waals surface area contributed by atoms with E-state index in [0.717, 1.165) is 38.8 Å². The van der Waals surface area contributed by atoms with Crippen LogP contribution in [0, 0.1) is 11.3 Å². The van der Waals surface area contributed by atoms with Crippen LogP contribution in [0.1, 0.15) is 65.7 Å². The molecule has 1 fully saturated rings. The van der Waals surface area contributed by atoms with Crippen molar-refractivity contribution in [2.75, 3.05) is 13.1 Å². The van der Waals surface area contributed by atoms with Gasteiger partial charge in [0.2, 0.25) is 0 Å². The van der Waals surface area contributed by atoms with Gasteiger partial charge in [0.05, 0.1) is 0 Å². The van der Waals surface area contributed by atoms with Crippen LogP contribution in [0.5, 0.6) is 0 Å². The van der Waals surface area contributed by atoms with Gasteiger partial charge in [-0.1, -0.05) is 46.5 Å². The van der Waals surface area contributed by atoms with E-state index < -0.39 is 0 Å². The number of Topliss-reactive ketones (excluding diaryl/α,β-unsaturated/α-hetero) is 1. The number of unbranched alkanes of at least 4 members (excludes halogenated alkanes) is 1. The van der Waals surface area contributed by atoms with E-state index in [1.807, 2.05) is 0 Å². The van der Waals surface area contributed by atoms with Crippen molar-refractivity contribution in [2.24, 2.45) is 11.3 Å². The molecule has 0 aliphatic carbocycles. The van der Waals surface area contributed by atoms with Crippen molar-refractivity contribution >= 4 is 5.78 Å². The predicted octanol–water partition coefficient (Wildman–Crippen LogP) is 3.55. The Morgan fingerprint density at radius 1 is 1.35 bits per heavy atom. The molecule has 1 saturated heterocycles. The van der Waals surface area contributed by atoms with Gasteiger partial charge in [0.15, 0.2) is 0 Å². The highest BCUT2D eigenvalue weighted by Crippen LogP contribution is 2.34. The summed E-state index contributed by atoms with van der Waals surface area (Å²) >= 11 is 0. The third-order valence-electron chi connectivity index (χ3n) is 4.53. The van der Waals surface area contributed by atoms with Crippen LogP contribution in [-0.4, -0.2) is 18.9 Å². The molecule has 1 aliphatic heterocycles. The van der Waals surface area contributed by atoms with Gasteiger partial charge in [-0.15, -0.1) is 0 Å². The standard InChI is InChI=1S/C15H29NO/c1-4-7-8-13(5-2)11-14(17)15(6-3)9-10-16-12-15/h13,16H,4-12H2,1-3H3. The van der Waals surface area contributed by atoms with E-state index in [1.165, 1.54) is 19.3 Å². The lowest BCUT2D eigenvalue weighted by Gasteiger charge is -2.27. The van der Waals surface area contributed by atoms with E-state index in [9.17, 15) is 4.79 Å². The molecule has 17 heavy (non-hydrogen) atoms. The van der Waals surface area contributed by atoms with Crippen LogP contribution in [-0.2, 0) is 4.79 Å². The first-order chi connectivity index (χ1) is 8.18. The van der Waals surface area contributed by atoms with Crippen molar-refractivity contribution in [1.29, 1.82) is 0 Å². The number of rotatable bonds is 8. The van der Waals surface area contributed by atoms with Crippen molar-refractivity contribution in [1.82, 2.24) is 5.32 Å². The topological polar surface area (TPSA) is 29.1 Å². The summed E-state index contributed by atoms with van der Waals surface area (Å²) in [4.78, 5) is 12.5. The Morgan fingerprint density at radius 3 is 2.59 bits per heavy atom. The van der Waals surface area contributed by atoms with Gasteiger partial charge in [-0.3, -0.25) is 4.79 Å². The molecule has 1 N–H and O–H groups in total. The molecule has 1 aliphatic rings. The van der Waals surface area contributed by atoms with Gasteiger partial charge >= 0.3 is 0 Å². The fraction of sp³-hybridized carbons (Fsp3) is 0.933. The number of carbonyl (C=O) groups is 1. The molecule has 1 heterocycles. The first-order valence-corrected chi connectivity index (χ1v) is 7.42. The smallest absolute Gasteiger partial charge is 0.140 e. The third kappa shape index (κ3) is 3.80. The fourth-order valence-electron chi connectivity index (χ4n) is 2.90. The van der Waals surface area contributed by atoms with Gasteiger partial charge in [-0.05, 0) is 25.3 Å². The molecule has 0 radical (unpaired) electrons. The maximum Gasteiger partial charge on any atom is 0.140 e. The number of ketones is 1. The highest BCUT2D eigenvalue weighted by atomic mass is 16.1. The van der Waals surface area contributed by atoms with E-state index in [2.05, 4.69) is 26.1 Å². The quantitative estimate of drug-likeness (QED) is 0.702. The maximum atomic E-state index is 12.5. The van der Waals surface area contributed by atoms with Crippen molar-refractivity contribution in [3.8, 4) is 0 Å². The summed E-state index contributed by atoms with van der Waals surface area (Å²) in [5.41, 5.74) is -0.0281. The highest BCUT2D eigenvalue weighted by Gasteiger charge is 2.39. The minimum atomic E-state index is -0.0281. The number of hydrogen-bond acceptors (Lipinski definition) is 2. The Hall–Kier alpha value is -0.370. The molecular formula is C15H29NO. The second-order valence-electron chi connectivity index (χ2n) is 5.60. The zero-order chi connectivity index (χ0) is 12.7. The number of carbonyl (C=O) groups excluding carboxylic acids is 1. The summed E-state index contributed by atoms with van der Waals surface area (Å²) in [7, 11) is 0. The van der Waals surface area contributed by atoms with Crippen molar-refractivity contribution in [3.05, 3.63) is 0 Å². The molecule has 0 saturated carbocycles. The third-order valence-corrected chi connectivity index (χ3v) is 4.53. The fourth-order valence-corrected chi connectivity index (χ4v) is 2.90. The van der Waals surface area contributed by atoms with E-state index in [4.69, 9.17) is 0 Å². The number of hydrogen-bond donors (Lipinski definition) is 1. The van der Waals surface area contributed by atoms with Crippen LogP contribution in [0.2, 0.25) is 0 Å². The first kappa shape index (κ1) is 14.7. The summed E-state index contributed by atoms with van der Waals surface area (Å²) in [6.45, 7) is 8.54. The minimum Gasteiger partial charge on any atom is -0.316 e. The summed E-state index contributed by atoms with van der Waals surface area (Å²) in [6.07, 6.45) is 7.75. The average molecular weight is 239 g/mol. The zero-order valence-electron chi connectivity index (χ0n) is 11.8. The van der Waals surface area contributed by atoms with E-state index >= 15 is 0 Å². The molecular weight excluding hydrogens is 210 g/mol. The maximum absolute atomic E-state index is 12.5. The van der Waals surface area contributed by atoms with Gasteiger partial charge in [0.25, 0.3) is 0 Å². The summed E-state index contributed by atoms with van der Waals surface area (Å²) < 4.78 is 0. The summed E-state index contributed by atoms with van der Waals surface area (Å²) in [5, 5.41) is 3.36. The van der Waals surface area contributed by atoms with Gasteiger partial charge in [-0.2, -0.15) is 0 Å². The van der Waals surface area contributed by atoms with Gasteiger partial charge in [0.1, 0.15) is 5.78 Å².